The van der Waals surface area contributed by atoms with E-state index in [4.69, 9.17) is 14.8 Å². The lowest BCUT2D eigenvalue weighted by molar-refractivity contribution is -0.123. The molecule has 0 aromatic rings. The van der Waals surface area contributed by atoms with Crippen LogP contribution in [0.5, 0.6) is 0 Å². The van der Waals surface area contributed by atoms with E-state index >= 15 is 0 Å². The first-order valence-electron chi connectivity index (χ1n) is 20.5. The molecule has 0 bridgehead atoms. The molecule has 8 nitrogen and oxygen atoms in total. The molecule has 0 aliphatic heterocycles. The fraction of sp³-hybridized carbons (Fsp3) is 0.875. The minimum Gasteiger partial charge on any atom is -0.391 e. The van der Waals surface area contributed by atoms with Crippen LogP contribution >= 0.6 is 7.82 Å². The van der Waals surface area contributed by atoms with Gasteiger partial charge in [-0.3, -0.25) is 13.8 Å². The van der Waals surface area contributed by atoms with Crippen molar-refractivity contribution in [2.24, 2.45) is 5.73 Å². The van der Waals surface area contributed by atoms with Gasteiger partial charge in [-0.1, -0.05) is 173 Å². The van der Waals surface area contributed by atoms with Gasteiger partial charge in [0.15, 0.2) is 0 Å². The Balaban J connectivity index is 4.20. The summed E-state index contributed by atoms with van der Waals surface area (Å²) < 4.78 is 22.1. The van der Waals surface area contributed by atoms with Crippen LogP contribution in [0.1, 0.15) is 194 Å². The van der Waals surface area contributed by atoms with Crippen molar-refractivity contribution >= 4 is 13.7 Å². The smallest absolute Gasteiger partial charge is 0.391 e. The van der Waals surface area contributed by atoms with E-state index in [1.54, 1.807) is 0 Å². The number of hydrogen-bond donors (Lipinski definition) is 4. The summed E-state index contributed by atoms with van der Waals surface area (Å²) in [4.78, 5) is 22.6. The summed E-state index contributed by atoms with van der Waals surface area (Å²) in [6.07, 6.45) is 40.4. The summed E-state index contributed by atoms with van der Waals surface area (Å²) in [7, 11) is -4.31. The van der Waals surface area contributed by atoms with Gasteiger partial charge in [0.1, 0.15) is 0 Å². The average molecular weight is 715 g/mol. The van der Waals surface area contributed by atoms with Crippen molar-refractivity contribution in [2.45, 2.75) is 206 Å². The molecule has 49 heavy (non-hydrogen) atoms. The van der Waals surface area contributed by atoms with Gasteiger partial charge in [-0.2, -0.15) is 0 Å². The average Bonchev–Trinajstić information content (AvgIpc) is 3.09. The minimum absolute atomic E-state index is 0.0867. The molecule has 0 aliphatic carbocycles. The Morgan fingerprint density at radius 3 is 1.69 bits per heavy atom. The van der Waals surface area contributed by atoms with Gasteiger partial charge in [0.05, 0.1) is 25.4 Å². The second kappa shape index (κ2) is 36.8. The summed E-state index contributed by atoms with van der Waals surface area (Å²) >= 11 is 0. The predicted molar refractivity (Wildman–Crippen MR) is 208 cm³/mol. The summed E-state index contributed by atoms with van der Waals surface area (Å²) in [6.45, 7) is 4.13. The largest absolute Gasteiger partial charge is 0.472 e. The Kier molecular flexibility index (Phi) is 36.0. The zero-order valence-corrected chi connectivity index (χ0v) is 32.8. The van der Waals surface area contributed by atoms with Gasteiger partial charge in [0.2, 0.25) is 5.91 Å². The first-order valence-corrected chi connectivity index (χ1v) is 21.9. The molecule has 0 spiro atoms. The van der Waals surface area contributed by atoms with E-state index in [0.29, 0.717) is 12.8 Å². The molecule has 0 saturated carbocycles. The molecule has 3 unspecified atom stereocenters. The normalized spacial score (nSPS) is 14.5. The molecule has 9 heteroatoms. The van der Waals surface area contributed by atoms with Crippen molar-refractivity contribution in [1.82, 2.24) is 5.32 Å². The standard InChI is InChI=1S/C40H79N2O6P/c1-3-5-7-9-11-13-15-17-18-19-20-22-23-25-27-29-31-33-39(43)38(37-48-49(45,46)47-36-35-41)42-40(44)34-32-30-28-26-24-21-16-14-12-10-8-6-4-2/h8,10,14,16,38-39,43H,3-7,9,11-13,15,17-37,41H2,1-2H3,(H,42,44)(H,45,46)/b10-8-,16-14-. The molecule has 0 aromatic carbocycles. The van der Waals surface area contributed by atoms with Gasteiger partial charge in [-0.05, 0) is 38.5 Å². The Hall–Kier alpha value is -1.02. The molecule has 0 fully saturated rings. The number of unbranched alkanes of at least 4 members (excludes halogenated alkanes) is 22. The van der Waals surface area contributed by atoms with Crippen LogP contribution in [0, 0.1) is 0 Å². The third-order valence-corrected chi connectivity index (χ3v) is 10.0. The summed E-state index contributed by atoms with van der Waals surface area (Å²) in [5.74, 6) is -0.176. The van der Waals surface area contributed by atoms with Gasteiger partial charge in [-0.15, -0.1) is 0 Å². The Morgan fingerprint density at radius 1 is 0.673 bits per heavy atom. The summed E-state index contributed by atoms with van der Waals surface area (Å²) in [5, 5.41) is 13.8. The maximum absolute atomic E-state index is 12.7. The minimum atomic E-state index is -4.31. The molecule has 0 rings (SSSR count). The second-order valence-electron chi connectivity index (χ2n) is 13.8. The van der Waals surface area contributed by atoms with Crippen molar-refractivity contribution in [3.63, 3.8) is 0 Å². The van der Waals surface area contributed by atoms with E-state index in [1.807, 2.05) is 0 Å². The summed E-state index contributed by atoms with van der Waals surface area (Å²) in [6, 6.07) is -0.779. The Bertz CT molecular complexity index is 825. The lowest BCUT2D eigenvalue weighted by atomic mass is 10.0. The number of hydrogen-bond acceptors (Lipinski definition) is 6. The van der Waals surface area contributed by atoms with Crippen molar-refractivity contribution in [1.29, 1.82) is 0 Å². The molecule has 1 amide bonds. The molecule has 5 N–H and O–H groups in total. The van der Waals surface area contributed by atoms with Crippen LogP contribution in [-0.4, -0.2) is 47.8 Å². The van der Waals surface area contributed by atoms with Crippen molar-refractivity contribution in [3.05, 3.63) is 24.3 Å². The third kappa shape index (κ3) is 35.2. The summed E-state index contributed by atoms with van der Waals surface area (Å²) in [5.41, 5.74) is 5.37. The topological polar surface area (TPSA) is 131 Å². The number of amides is 1. The number of phosphoric ester groups is 1. The number of phosphoric acid groups is 1. The highest BCUT2D eigenvalue weighted by molar-refractivity contribution is 7.47. The van der Waals surface area contributed by atoms with Crippen LogP contribution < -0.4 is 11.1 Å². The van der Waals surface area contributed by atoms with Crippen LogP contribution in [0.15, 0.2) is 24.3 Å². The van der Waals surface area contributed by atoms with E-state index in [1.165, 1.54) is 96.3 Å². The molecule has 0 radical (unpaired) electrons. The first kappa shape index (κ1) is 48.0. The molecule has 290 valence electrons. The molecule has 0 aliphatic rings. The van der Waals surface area contributed by atoms with Crippen LogP contribution in [0.25, 0.3) is 0 Å². The molecule has 3 atom stereocenters. The van der Waals surface area contributed by atoms with Gasteiger partial charge >= 0.3 is 7.82 Å². The number of rotatable bonds is 38. The third-order valence-electron chi connectivity index (χ3n) is 9.04. The van der Waals surface area contributed by atoms with Crippen LogP contribution in [0.3, 0.4) is 0 Å². The molecule has 0 heterocycles. The highest BCUT2D eigenvalue weighted by Crippen LogP contribution is 2.43. The molecule has 0 aromatic heterocycles. The quantitative estimate of drug-likeness (QED) is 0.0284. The fourth-order valence-corrected chi connectivity index (χ4v) is 6.70. The Labute approximate surface area is 302 Å². The van der Waals surface area contributed by atoms with E-state index in [0.717, 1.165) is 70.6 Å². The predicted octanol–water partition coefficient (Wildman–Crippen LogP) is 11.0. The van der Waals surface area contributed by atoms with Crippen molar-refractivity contribution in [3.8, 4) is 0 Å². The lowest BCUT2D eigenvalue weighted by Gasteiger charge is -2.25. The van der Waals surface area contributed by atoms with E-state index in [2.05, 4.69) is 43.5 Å². The monoisotopic (exact) mass is 715 g/mol. The maximum Gasteiger partial charge on any atom is 0.472 e. The van der Waals surface area contributed by atoms with Crippen LogP contribution in [0.4, 0.5) is 0 Å². The number of allylic oxidation sites excluding steroid dienone is 4. The SMILES string of the molecule is CCC/C=C\C/C=C\CCCCCCCC(=O)NC(COP(=O)(O)OCCN)C(O)CCCCCCCCCCCCCCCCCCC. The first-order chi connectivity index (χ1) is 23.9. The van der Waals surface area contributed by atoms with Gasteiger partial charge in [0.25, 0.3) is 0 Å². The zero-order valence-electron chi connectivity index (χ0n) is 31.9. The van der Waals surface area contributed by atoms with Gasteiger partial charge in [0, 0.05) is 13.0 Å². The van der Waals surface area contributed by atoms with Gasteiger partial charge < -0.3 is 21.1 Å². The molecular weight excluding hydrogens is 635 g/mol. The van der Waals surface area contributed by atoms with Crippen LogP contribution in [-0.2, 0) is 18.4 Å². The Morgan fingerprint density at radius 2 is 1.16 bits per heavy atom. The van der Waals surface area contributed by atoms with Crippen molar-refractivity contribution < 1.29 is 28.4 Å². The molecule has 0 saturated heterocycles. The maximum atomic E-state index is 12.7. The van der Waals surface area contributed by atoms with Gasteiger partial charge in [-0.25, -0.2) is 4.57 Å². The zero-order chi connectivity index (χ0) is 36.1. The highest BCUT2D eigenvalue weighted by Gasteiger charge is 2.27. The number of carbonyl (C=O) groups excluding carboxylic acids is 1. The van der Waals surface area contributed by atoms with Crippen molar-refractivity contribution in [2.75, 3.05) is 19.8 Å². The van der Waals surface area contributed by atoms with E-state index < -0.39 is 20.0 Å². The second-order valence-corrected chi connectivity index (χ2v) is 15.3. The fourth-order valence-electron chi connectivity index (χ4n) is 5.94. The molecular formula is C40H79N2O6P. The number of aliphatic hydroxyl groups is 1. The van der Waals surface area contributed by atoms with E-state index in [9.17, 15) is 19.4 Å². The van der Waals surface area contributed by atoms with Crippen LogP contribution in [0.2, 0.25) is 0 Å². The number of nitrogens with one attached hydrogen (secondary N) is 1. The number of nitrogens with two attached hydrogens (primary N) is 1. The van der Waals surface area contributed by atoms with E-state index in [-0.39, 0.29) is 25.7 Å². The number of aliphatic hydroxyl groups excluding tert-OH is 1. The number of carbonyl (C=O) groups is 1. The highest BCUT2D eigenvalue weighted by atomic mass is 31.2. The lowest BCUT2D eigenvalue weighted by Crippen LogP contribution is -2.46.